The van der Waals surface area contributed by atoms with Gasteiger partial charge in [-0.05, 0) is 67.9 Å². The zero-order valence-electron chi connectivity index (χ0n) is 17.3. The maximum Gasteiger partial charge on any atom is 0.274 e. The summed E-state index contributed by atoms with van der Waals surface area (Å²) in [6.07, 6.45) is 5.52. The number of aromatic nitrogens is 1. The van der Waals surface area contributed by atoms with Gasteiger partial charge in [-0.2, -0.15) is 0 Å². The van der Waals surface area contributed by atoms with Gasteiger partial charge < -0.3 is 0 Å². The number of hydrogen-bond acceptors (Lipinski definition) is 4. The molecule has 0 spiro atoms. The molecule has 1 aliphatic rings. The van der Waals surface area contributed by atoms with Crippen LogP contribution in [0.4, 0.5) is 0 Å². The van der Waals surface area contributed by atoms with Crippen LogP contribution >= 0.6 is 0 Å². The van der Waals surface area contributed by atoms with Crippen LogP contribution in [-0.4, -0.2) is 34.1 Å². The van der Waals surface area contributed by atoms with Crippen LogP contribution in [0, 0.1) is 11.8 Å². The number of benzene rings is 2. The summed E-state index contributed by atoms with van der Waals surface area (Å²) < 4.78 is 0. The second kappa shape index (κ2) is 10.0. The Hall–Kier alpha value is -3.46. The highest BCUT2D eigenvalue weighted by molar-refractivity contribution is 5.94. The summed E-state index contributed by atoms with van der Waals surface area (Å²) in [7, 11) is 0. The van der Waals surface area contributed by atoms with Crippen molar-refractivity contribution in [1.82, 2.24) is 15.4 Å². The van der Waals surface area contributed by atoms with E-state index in [0.717, 1.165) is 23.2 Å². The van der Waals surface area contributed by atoms with E-state index in [1.165, 1.54) is 37.9 Å². The Morgan fingerprint density at radius 2 is 1.58 bits per heavy atom. The Morgan fingerprint density at radius 3 is 2.23 bits per heavy atom. The molecule has 2 N–H and O–H groups in total. The first-order valence-corrected chi connectivity index (χ1v) is 10.6. The van der Waals surface area contributed by atoms with E-state index in [2.05, 4.69) is 46.0 Å². The number of nitrogens with zero attached hydrogens (tertiary/aromatic N) is 2. The maximum absolute atomic E-state index is 11.6. The molecule has 0 aliphatic carbocycles. The van der Waals surface area contributed by atoms with Gasteiger partial charge in [0, 0.05) is 35.0 Å². The van der Waals surface area contributed by atoms with Gasteiger partial charge in [-0.1, -0.05) is 42.5 Å². The van der Waals surface area contributed by atoms with Crippen molar-refractivity contribution in [3.05, 3.63) is 89.1 Å². The molecule has 0 radical (unpaired) electrons. The van der Waals surface area contributed by atoms with E-state index in [9.17, 15) is 4.79 Å². The van der Waals surface area contributed by atoms with Crippen LogP contribution in [0.25, 0.3) is 11.3 Å². The fraction of sp³-hybridized carbons (Fsp3) is 0.231. The number of carbonyl (C=O) groups excluding carboxylic acids is 1. The van der Waals surface area contributed by atoms with E-state index >= 15 is 0 Å². The monoisotopic (exact) mass is 411 g/mol. The molecule has 0 unspecified atom stereocenters. The van der Waals surface area contributed by atoms with Crippen molar-refractivity contribution in [1.29, 1.82) is 0 Å². The lowest BCUT2D eigenvalue weighted by atomic mass is 10.1. The van der Waals surface area contributed by atoms with Gasteiger partial charge in [-0.25, -0.2) is 5.48 Å². The number of carbonyl (C=O) groups is 1. The molecule has 1 aliphatic heterocycles. The van der Waals surface area contributed by atoms with Crippen molar-refractivity contribution in [2.75, 3.05) is 13.1 Å². The highest BCUT2D eigenvalue weighted by Gasteiger charge is 2.10. The second-order valence-corrected chi connectivity index (χ2v) is 7.73. The van der Waals surface area contributed by atoms with Crippen molar-refractivity contribution in [2.45, 2.75) is 25.8 Å². The summed E-state index contributed by atoms with van der Waals surface area (Å²) in [4.78, 5) is 18.4. The van der Waals surface area contributed by atoms with E-state index in [1.54, 1.807) is 23.8 Å². The van der Waals surface area contributed by atoms with Crippen molar-refractivity contribution >= 4 is 5.91 Å². The quantitative estimate of drug-likeness (QED) is 0.383. The molecule has 0 saturated carbocycles. The smallest absolute Gasteiger partial charge is 0.274 e. The fourth-order valence-corrected chi connectivity index (χ4v) is 3.73. The molecule has 5 nitrogen and oxygen atoms in total. The Kier molecular flexibility index (Phi) is 6.73. The van der Waals surface area contributed by atoms with Crippen LogP contribution < -0.4 is 5.48 Å². The van der Waals surface area contributed by atoms with Gasteiger partial charge in [0.05, 0.1) is 5.69 Å². The second-order valence-electron chi connectivity index (χ2n) is 7.73. The third-order valence-corrected chi connectivity index (χ3v) is 5.46. The molecule has 0 atom stereocenters. The number of nitrogens with one attached hydrogen (secondary N) is 1. The van der Waals surface area contributed by atoms with Crippen LogP contribution in [0.5, 0.6) is 0 Å². The number of piperidine rings is 1. The standard InChI is InChI=1S/C26H25N3O2/c30-26(28-31)24-14-15-27-25(18-24)23-12-10-21(11-13-23)5-4-20-6-8-22(9-7-20)19-29-16-2-1-3-17-29/h6-15,18,31H,1-3,16-17,19H2,(H,28,30). The van der Waals surface area contributed by atoms with Gasteiger partial charge in [0.1, 0.15) is 0 Å². The Labute approximate surface area is 182 Å². The van der Waals surface area contributed by atoms with Gasteiger partial charge >= 0.3 is 0 Å². The zero-order valence-corrected chi connectivity index (χ0v) is 17.3. The lowest BCUT2D eigenvalue weighted by Gasteiger charge is -2.26. The summed E-state index contributed by atoms with van der Waals surface area (Å²) in [6, 6.07) is 19.4. The summed E-state index contributed by atoms with van der Waals surface area (Å²) in [5.41, 5.74) is 6.76. The van der Waals surface area contributed by atoms with Crippen LogP contribution in [0.1, 0.15) is 46.3 Å². The van der Waals surface area contributed by atoms with Gasteiger partial charge in [0.25, 0.3) is 5.91 Å². The first-order valence-electron chi connectivity index (χ1n) is 10.6. The largest absolute Gasteiger partial charge is 0.299 e. The van der Waals surface area contributed by atoms with Crippen LogP contribution in [0.3, 0.4) is 0 Å². The zero-order chi connectivity index (χ0) is 21.5. The summed E-state index contributed by atoms with van der Waals surface area (Å²) in [6.45, 7) is 3.42. The summed E-state index contributed by atoms with van der Waals surface area (Å²) in [5.74, 6) is 5.86. The number of rotatable bonds is 4. The van der Waals surface area contributed by atoms with Crippen LogP contribution in [0.15, 0.2) is 66.9 Å². The maximum atomic E-state index is 11.6. The molecule has 1 aromatic heterocycles. The molecule has 31 heavy (non-hydrogen) atoms. The summed E-state index contributed by atoms with van der Waals surface area (Å²) >= 11 is 0. The Bertz CT molecular complexity index is 1090. The SMILES string of the molecule is O=C(NO)c1ccnc(-c2ccc(C#Cc3ccc(CN4CCCCC4)cc3)cc2)c1. The number of likely N-dealkylation sites (tertiary alicyclic amines) is 1. The summed E-state index contributed by atoms with van der Waals surface area (Å²) in [5, 5.41) is 8.79. The van der Waals surface area contributed by atoms with E-state index in [4.69, 9.17) is 5.21 Å². The molecule has 1 fully saturated rings. The number of hydroxylamine groups is 1. The van der Waals surface area contributed by atoms with E-state index in [0.29, 0.717) is 11.3 Å². The van der Waals surface area contributed by atoms with Crippen molar-refractivity contribution in [3.63, 3.8) is 0 Å². The first-order chi connectivity index (χ1) is 15.2. The normalized spacial score (nSPS) is 13.8. The van der Waals surface area contributed by atoms with Crippen LogP contribution in [-0.2, 0) is 6.54 Å². The molecule has 4 rings (SSSR count). The molecular weight excluding hydrogens is 386 g/mol. The molecule has 1 amide bonds. The third-order valence-electron chi connectivity index (χ3n) is 5.46. The minimum atomic E-state index is -0.562. The average molecular weight is 412 g/mol. The Balaban J connectivity index is 1.41. The molecular formula is C26H25N3O2. The molecule has 2 heterocycles. The Morgan fingerprint density at radius 1 is 0.935 bits per heavy atom. The van der Waals surface area contributed by atoms with Gasteiger partial charge in [0.15, 0.2) is 0 Å². The van der Waals surface area contributed by atoms with Gasteiger partial charge in [0.2, 0.25) is 0 Å². The first kappa shape index (κ1) is 20.8. The van der Waals surface area contributed by atoms with Crippen molar-refractivity contribution in [3.8, 4) is 23.1 Å². The fourth-order valence-electron chi connectivity index (χ4n) is 3.73. The van der Waals surface area contributed by atoms with E-state index < -0.39 is 5.91 Å². The van der Waals surface area contributed by atoms with Gasteiger partial charge in [-0.3, -0.25) is 19.9 Å². The highest BCUT2D eigenvalue weighted by Crippen LogP contribution is 2.19. The predicted molar refractivity (Wildman–Crippen MR) is 120 cm³/mol. The molecule has 156 valence electrons. The average Bonchev–Trinajstić information content (AvgIpc) is 2.84. The molecule has 3 aromatic rings. The van der Waals surface area contributed by atoms with Crippen molar-refractivity contribution in [2.24, 2.45) is 0 Å². The minimum Gasteiger partial charge on any atom is -0.299 e. The lowest BCUT2D eigenvalue weighted by Crippen LogP contribution is -2.29. The van der Waals surface area contributed by atoms with E-state index in [-0.39, 0.29) is 0 Å². The van der Waals surface area contributed by atoms with E-state index in [1.807, 2.05) is 24.3 Å². The topological polar surface area (TPSA) is 65.5 Å². The van der Waals surface area contributed by atoms with Crippen LogP contribution in [0.2, 0.25) is 0 Å². The number of pyridine rings is 1. The van der Waals surface area contributed by atoms with Gasteiger partial charge in [-0.15, -0.1) is 0 Å². The number of amides is 1. The number of hydrogen-bond donors (Lipinski definition) is 2. The third kappa shape index (κ3) is 5.58. The minimum absolute atomic E-state index is 0.347. The molecule has 1 saturated heterocycles. The molecule has 2 aromatic carbocycles. The molecule has 5 heteroatoms. The van der Waals surface area contributed by atoms with Crippen molar-refractivity contribution < 1.29 is 10.0 Å². The predicted octanol–water partition coefficient (Wildman–Crippen LogP) is 4.25. The lowest BCUT2D eigenvalue weighted by molar-refractivity contribution is 0.0706. The molecule has 0 bridgehead atoms. The highest BCUT2D eigenvalue weighted by atomic mass is 16.5.